The molecule has 0 saturated carbocycles. The van der Waals surface area contributed by atoms with Crippen LogP contribution in [-0.2, 0) is 6.54 Å². The number of anilines is 1. The number of carboxylic acids is 1. The summed E-state index contributed by atoms with van der Waals surface area (Å²) in [7, 11) is 0. The molecule has 0 aromatic heterocycles. The van der Waals surface area contributed by atoms with E-state index in [0.29, 0.717) is 5.56 Å². The topological polar surface area (TPSA) is 49.3 Å². The molecule has 0 aliphatic rings. The first-order valence-electron chi connectivity index (χ1n) is 5.57. The molecule has 0 spiro atoms. The largest absolute Gasteiger partial charge is 0.478 e. The molecule has 0 aliphatic carbocycles. The first-order chi connectivity index (χ1) is 9.06. The SMILES string of the molecule is O=C(O)c1ccc(F)c(CNc2cccc(I)c2)c1. The van der Waals surface area contributed by atoms with Crippen molar-refractivity contribution in [2.45, 2.75) is 6.54 Å². The van der Waals surface area contributed by atoms with E-state index in [1.54, 1.807) is 0 Å². The van der Waals surface area contributed by atoms with Gasteiger partial charge in [0.05, 0.1) is 5.56 Å². The molecule has 19 heavy (non-hydrogen) atoms. The van der Waals surface area contributed by atoms with E-state index in [9.17, 15) is 9.18 Å². The van der Waals surface area contributed by atoms with E-state index in [4.69, 9.17) is 5.11 Å². The Morgan fingerprint density at radius 1 is 1.26 bits per heavy atom. The van der Waals surface area contributed by atoms with E-state index in [0.717, 1.165) is 9.26 Å². The number of carboxylic acid groups (broad SMARTS) is 1. The van der Waals surface area contributed by atoms with E-state index < -0.39 is 11.8 Å². The second-order valence-electron chi connectivity index (χ2n) is 3.98. The van der Waals surface area contributed by atoms with E-state index in [-0.39, 0.29) is 12.1 Å². The minimum Gasteiger partial charge on any atom is -0.478 e. The van der Waals surface area contributed by atoms with Crippen LogP contribution >= 0.6 is 22.6 Å². The van der Waals surface area contributed by atoms with Crippen molar-refractivity contribution in [2.75, 3.05) is 5.32 Å². The molecule has 0 saturated heterocycles. The van der Waals surface area contributed by atoms with Gasteiger partial charge < -0.3 is 10.4 Å². The minimum atomic E-state index is -1.06. The van der Waals surface area contributed by atoms with Crippen molar-refractivity contribution in [3.05, 3.63) is 63.0 Å². The summed E-state index contributed by atoms with van der Waals surface area (Å²) in [6, 6.07) is 11.4. The smallest absolute Gasteiger partial charge is 0.335 e. The molecular formula is C14H11FINO2. The Bertz CT molecular complexity index is 616. The standard InChI is InChI=1S/C14H11FINO2/c15-13-5-4-9(14(18)19)6-10(13)8-17-12-3-1-2-11(16)7-12/h1-7,17H,8H2,(H,18,19). The third-order valence-electron chi connectivity index (χ3n) is 2.60. The zero-order valence-corrected chi connectivity index (χ0v) is 12.0. The van der Waals surface area contributed by atoms with Crippen LogP contribution in [0.1, 0.15) is 15.9 Å². The van der Waals surface area contributed by atoms with Crippen molar-refractivity contribution in [3.63, 3.8) is 0 Å². The maximum absolute atomic E-state index is 13.6. The van der Waals surface area contributed by atoms with Gasteiger partial charge in [-0.3, -0.25) is 0 Å². The molecule has 2 aromatic rings. The zero-order chi connectivity index (χ0) is 13.8. The molecule has 0 aliphatic heterocycles. The van der Waals surface area contributed by atoms with Crippen molar-refractivity contribution < 1.29 is 14.3 Å². The summed E-state index contributed by atoms with van der Waals surface area (Å²) in [5.41, 5.74) is 1.28. The highest BCUT2D eigenvalue weighted by molar-refractivity contribution is 14.1. The number of hydrogen-bond donors (Lipinski definition) is 2. The lowest BCUT2D eigenvalue weighted by Crippen LogP contribution is -2.05. The number of hydrogen-bond acceptors (Lipinski definition) is 2. The number of nitrogens with one attached hydrogen (secondary N) is 1. The predicted octanol–water partition coefficient (Wildman–Crippen LogP) is 3.74. The molecule has 0 bridgehead atoms. The first kappa shape index (κ1) is 13.8. The van der Waals surface area contributed by atoms with Crippen LogP contribution in [0.4, 0.5) is 10.1 Å². The fourth-order valence-corrected chi connectivity index (χ4v) is 2.18. The monoisotopic (exact) mass is 371 g/mol. The maximum atomic E-state index is 13.6. The summed E-state index contributed by atoms with van der Waals surface area (Å²) < 4.78 is 14.7. The van der Waals surface area contributed by atoms with E-state index in [1.165, 1.54) is 18.2 Å². The summed E-state index contributed by atoms with van der Waals surface area (Å²) in [5, 5.41) is 11.9. The van der Waals surface area contributed by atoms with Crippen LogP contribution in [-0.4, -0.2) is 11.1 Å². The van der Waals surface area contributed by atoms with Gasteiger partial charge in [-0.25, -0.2) is 9.18 Å². The van der Waals surface area contributed by atoms with E-state index >= 15 is 0 Å². The van der Waals surface area contributed by atoms with Crippen LogP contribution in [0.2, 0.25) is 0 Å². The molecule has 0 unspecified atom stereocenters. The summed E-state index contributed by atoms with van der Waals surface area (Å²) in [6.07, 6.45) is 0. The molecule has 5 heteroatoms. The molecule has 0 radical (unpaired) electrons. The lowest BCUT2D eigenvalue weighted by molar-refractivity contribution is 0.0696. The molecule has 2 aromatic carbocycles. The van der Waals surface area contributed by atoms with Gasteiger partial charge in [-0.2, -0.15) is 0 Å². The van der Waals surface area contributed by atoms with Crippen molar-refractivity contribution in [3.8, 4) is 0 Å². The summed E-state index contributed by atoms with van der Waals surface area (Å²) >= 11 is 2.19. The fourth-order valence-electron chi connectivity index (χ4n) is 1.64. The van der Waals surface area contributed by atoms with Gasteiger partial charge >= 0.3 is 5.97 Å². The Morgan fingerprint density at radius 3 is 2.74 bits per heavy atom. The molecular weight excluding hydrogens is 360 g/mol. The highest BCUT2D eigenvalue weighted by atomic mass is 127. The highest BCUT2D eigenvalue weighted by Crippen LogP contribution is 2.16. The summed E-state index contributed by atoms with van der Waals surface area (Å²) in [5.74, 6) is -1.47. The molecule has 0 fully saturated rings. The van der Waals surface area contributed by atoms with Crippen LogP contribution in [0.5, 0.6) is 0 Å². The summed E-state index contributed by atoms with van der Waals surface area (Å²) in [6.45, 7) is 0.243. The van der Waals surface area contributed by atoms with Crippen molar-refractivity contribution in [1.82, 2.24) is 0 Å². The van der Waals surface area contributed by atoms with Crippen LogP contribution in [0.3, 0.4) is 0 Å². The van der Waals surface area contributed by atoms with Crippen molar-refractivity contribution >= 4 is 34.2 Å². The van der Waals surface area contributed by atoms with Crippen LogP contribution < -0.4 is 5.32 Å². The third kappa shape index (κ3) is 3.66. The van der Waals surface area contributed by atoms with Gasteiger partial charge in [0.15, 0.2) is 0 Å². The third-order valence-corrected chi connectivity index (χ3v) is 3.27. The second-order valence-corrected chi connectivity index (χ2v) is 5.22. The van der Waals surface area contributed by atoms with Gasteiger partial charge in [0, 0.05) is 21.4 Å². The predicted molar refractivity (Wildman–Crippen MR) is 79.8 cm³/mol. The van der Waals surface area contributed by atoms with Gasteiger partial charge in [-0.1, -0.05) is 6.07 Å². The van der Waals surface area contributed by atoms with Gasteiger partial charge in [0.25, 0.3) is 0 Å². The van der Waals surface area contributed by atoms with Crippen LogP contribution in [0.15, 0.2) is 42.5 Å². The molecule has 98 valence electrons. The molecule has 2 N–H and O–H groups in total. The Labute approximate surface area is 123 Å². The number of carbonyl (C=O) groups is 1. The van der Waals surface area contributed by atoms with E-state index in [2.05, 4.69) is 27.9 Å². The Kier molecular flexibility index (Phi) is 4.36. The lowest BCUT2D eigenvalue weighted by Gasteiger charge is -2.08. The average Bonchev–Trinajstić information content (AvgIpc) is 2.37. The Hall–Kier alpha value is -1.63. The highest BCUT2D eigenvalue weighted by Gasteiger charge is 2.08. The maximum Gasteiger partial charge on any atom is 0.335 e. The number of rotatable bonds is 4. The lowest BCUT2D eigenvalue weighted by atomic mass is 10.1. The van der Waals surface area contributed by atoms with Gasteiger partial charge in [-0.05, 0) is 59.0 Å². The van der Waals surface area contributed by atoms with Gasteiger partial charge in [-0.15, -0.1) is 0 Å². The fraction of sp³-hybridized carbons (Fsp3) is 0.0714. The number of halogens is 2. The normalized spacial score (nSPS) is 10.2. The molecule has 3 nitrogen and oxygen atoms in total. The number of benzene rings is 2. The second kappa shape index (κ2) is 6.01. The van der Waals surface area contributed by atoms with Crippen LogP contribution in [0.25, 0.3) is 0 Å². The van der Waals surface area contributed by atoms with Gasteiger partial charge in [0.2, 0.25) is 0 Å². The van der Waals surface area contributed by atoms with E-state index in [1.807, 2.05) is 24.3 Å². The van der Waals surface area contributed by atoms with Gasteiger partial charge in [0.1, 0.15) is 5.82 Å². The molecule has 0 amide bonds. The summed E-state index contributed by atoms with van der Waals surface area (Å²) in [4.78, 5) is 10.8. The Morgan fingerprint density at radius 2 is 2.05 bits per heavy atom. The van der Waals surface area contributed by atoms with Crippen LogP contribution in [0, 0.1) is 9.39 Å². The quantitative estimate of drug-likeness (QED) is 0.806. The molecule has 0 heterocycles. The van der Waals surface area contributed by atoms with Crippen molar-refractivity contribution in [2.24, 2.45) is 0 Å². The van der Waals surface area contributed by atoms with Crippen molar-refractivity contribution in [1.29, 1.82) is 0 Å². The zero-order valence-electron chi connectivity index (χ0n) is 9.86. The Balaban J connectivity index is 2.15. The average molecular weight is 371 g/mol. The first-order valence-corrected chi connectivity index (χ1v) is 6.65. The molecule has 2 rings (SSSR count). The minimum absolute atomic E-state index is 0.0841. The number of aromatic carboxylic acids is 1. The molecule has 0 atom stereocenters.